The molecule has 1 heterocycles. The summed E-state index contributed by atoms with van der Waals surface area (Å²) in [5.41, 5.74) is 3.78. The maximum atomic E-state index is 11.9. The summed E-state index contributed by atoms with van der Waals surface area (Å²) in [4.78, 5) is 11.9. The summed E-state index contributed by atoms with van der Waals surface area (Å²) in [6, 6.07) is 7.55. The molecular formula is C16H22N4O. The van der Waals surface area contributed by atoms with Crippen LogP contribution in [-0.2, 0) is 13.6 Å². The van der Waals surface area contributed by atoms with Crippen LogP contribution in [-0.4, -0.2) is 22.2 Å². The van der Waals surface area contributed by atoms with Gasteiger partial charge in [0, 0.05) is 43.1 Å². The lowest BCUT2D eigenvalue weighted by Gasteiger charge is -2.08. The van der Waals surface area contributed by atoms with Crippen LogP contribution in [0.25, 0.3) is 0 Å². The average Bonchev–Trinajstić information content (AvgIpc) is 2.81. The predicted molar refractivity (Wildman–Crippen MR) is 84.3 cm³/mol. The van der Waals surface area contributed by atoms with Crippen molar-refractivity contribution in [2.24, 2.45) is 7.05 Å². The van der Waals surface area contributed by atoms with E-state index < -0.39 is 0 Å². The first-order valence-electron chi connectivity index (χ1n) is 7.21. The van der Waals surface area contributed by atoms with Crippen LogP contribution in [0.1, 0.15) is 35.0 Å². The van der Waals surface area contributed by atoms with Gasteiger partial charge in [-0.3, -0.25) is 9.48 Å². The lowest BCUT2D eigenvalue weighted by molar-refractivity contribution is 0.0953. The van der Waals surface area contributed by atoms with Crippen molar-refractivity contribution in [2.75, 3.05) is 11.9 Å². The summed E-state index contributed by atoms with van der Waals surface area (Å²) in [5, 5.41) is 10.5. The fourth-order valence-electron chi connectivity index (χ4n) is 2.13. The molecule has 112 valence electrons. The maximum Gasteiger partial charge on any atom is 0.251 e. The van der Waals surface area contributed by atoms with Crippen LogP contribution < -0.4 is 10.6 Å². The summed E-state index contributed by atoms with van der Waals surface area (Å²) in [7, 11) is 1.91. The minimum absolute atomic E-state index is 0.0296. The fourth-order valence-corrected chi connectivity index (χ4v) is 2.13. The first-order valence-corrected chi connectivity index (χ1v) is 7.21. The molecule has 1 aromatic carbocycles. The Balaban J connectivity index is 2.01. The molecule has 1 aromatic heterocycles. The summed E-state index contributed by atoms with van der Waals surface area (Å²) < 4.78 is 1.81. The number of carbonyl (C=O) groups is 1. The Morgan fingerprint density at radius 3 is 2.86 bits per heavy atom. The van der Waals surface area contributed by atoms with Crippen LogP contribution in [0.5, 0.6) is 0 Å². The number of nitrogens with zero attached hydrogens (tertiary/aromatic N) is 2. The highest BCUT2D eigenvalue weighted by atomic mass is 16.1. The molecule has 2 aromatic rings. The molecule has 5 nitrogen and oxygen atoms in total. The Labute approximate surface area is 125 Å². The van der Waals surface area contributed by atoms with Gasteiger partial charge in [-0.05, 0) is 31.5 Å². The SMILES string of the molecule is CCCNC(=O)c1cccc(NCc2cn(C)nc2C)c1. The molecular weight excluding hydrogens is 264 g/mol. The first-order chi connectivity index (χ1) is 10.1. The Hall–Kier alpha value is -2.30. The third-order valence-electron chi connectivity index (χ3n) is 3.26. The standard InChI is InChI=1S/C16H22N4O/c1-4-8-17-16(21)13-6-5-7-15(9-13)18-10-14-11-20(3)19-12(14)2/h5-7,9,11,18H,4,8,10H2,1-3H3,(H,17,21). The number of aryl methyl sites for hydroxylation is 2. The molecule has 0 radical (unpaired) electrons. The van der Waals surface area contributed by atoms with Gasteiger partial charge < -0.3 is 10.6 Å². The number of carbonyl (C=O) groups excluding carboxylic acids is 1. The van der Waals surface area contributed by atoms with Gasteiger partial charge in [0.1, 0.15) is 0 Å². The Morgan fingerprint density at radius 2 is 2.19 bits per heavy atom. The number of hydrogen-bond donors (Lipinski definition) is 2. The second-order valence-corrected chi connectivity index (χ2v) is 5.10. The topological polar surface area (TPSA) is 59.0 Å². The molecule has 0 bridgehead atoms. The number of amides is 1. The van der Waals surface area contributed by atoms with Gasteiger partial charge >= 0.3 is 0 Å². The van der Waals surface area contributed by atoms with Crippen molar-refractivity contribution in [3.63, 3.8) is 0 Å². The smallest absolute Gasteiger partial charge is 0.251 e. The largest absolute Gasteiger partial charge is 0.381 e. The van der Waals surface area contributed by atoms with E-state index in [1.807, 2.05) is 51.4 Å². The summed E-state index contributed by atoms with van der Waals surface area (Å²) in [6.07, 6.45) is 2.93. The molecule has 0 aliphatic rings. The van der Waals surface area contributed by atoms with Gasteiger partial charge in [0.05, 0.1) is 5.69 Å². The van der Waals surface area contributed by atoms with Crippen LogP contribution in [0.2, 0.25) is 0 Å². The lowest BCUT2D eigenvalue weighted by atomic mass is 10.1. The highest BCUT2D eigenvalue weighted by Gasteiger charge is 2.06. The van der Waals surface area contributed by atoms with Gasteiger partial charge in [-0.1, -0.05) is 13.0 Å². The molecule has 21 heavy (non-hydrogen) atoms. The Morgan fingerprint density at radius 1 is 1.38 bits per heavy atom. The number of anilines is 1. The van der Waals surface area contributed by atoms with Gasteiger partial charge in [0.25, 0.3) is 5.91 Å². The number of benzene rings is 1. The average molecular weight is 286 g/mol. The van der Waals surface area contributed by atoms with Crippen molar-refractivity contribution in [3.05, 3.63) is 47.3 Å². The maximum absolute atomic E-state index is 11.9. The summed E-state index contributed by atoms with van der Waals surface area (Å²) in [5.74, 6) is -0.0296. The number of nitrogens with one attached hydrogen (secondary N) is 2. The molecule has 0 spiro atoms. The molecule has 2 N–H and O–H groups in total. The zero-order chi connectivity index (χ0) is 15.2. The van der Waals surface area contributed by atoms with Crippen LogP contribution in [0.4, 0.5) is 5.69 Å². The second kappa shape index (κ2) is 6.92. The van der Waals surface area contributed by atoms with Crippen molar-refractivity contribution in [2.45, 2.75) is 26.8 Å². The van der Waals surface area contributed by atoms with Gasteiger partial charge in [0.2, 0.25) is 0 Å². The van der Waals surface area contributed by atoms with E-state index in [-0.39, 0.29) is 5.91 Å². The Kier molecular flexibility index (Phi) is 4.98. The van der Waals surface area contributed by atoms with Gasteiger partial charge in [0.15, 0.2) is 0 Å². The summed E-state index contributed by atoms with van der Waals surface area (Å²) in [6.45, 7) is 5.42. The van der Waals surface area contributed by atoms with Crippen molar-refractivity contribution >= 4 is 11.6 Å². The minimum atomic E-state index is -0.0296. The van der Waals surface area contributed by atoms with Gasteiger partial charge in [-0.25, -0.2) is 0 Å². The van der Waals surface area contributed by atoms with Crippen LogP contribution >= 0.6 is 0 Å². The van der Waals surface area contributed by atoms with Crippen molar-refractivity contribution < 1.29 is 4.79 Å². The highest BCUT2D eigenvalue weighted by molar-refractivity contribution is 5.95. The van der Waals surface area contributed by atoms with E-state index in [1.54, 1.807) is 4.68 Å². The molecule has 2 rings (SSSR count). The summed E-state index contributed by atoms with van der Waals surface area (Å²) >= 11 is 0. The van der Waals surface area contributed by atoms with Crippen LogP contribution in [0.3, 0.4) is 0 Å². The normalized spacial score (nSPS) is 10.4. The van der Waals surface area contributed by atoms with E-state index >= 15 is 0 Å². The first kappa shape index (κ1) is 15.1. The zero-order valence-electron chi connectivity index (χ0n) is 12.8. The molecule has 0 aliphatic heterocycles. The molecule has 0 atom stereocenters. The lowest BCUT2D eigenvalue weighted by Crippen LogP contribution is -2.23. The van der Waals surface area contributed by atoms with Crippen LogP contribution in [0.15, 0.2) is 30.5 Å². The van der Waals surface area contributed by atoms with Crippen molar-refractivity contribution in [3.8, 4) is 0 Å². The van der Waals surface area contributed by atoms with E-state index in [4.69, 9.17) is 0 Å². The van der Waals surface area contributed by atoms with E-state index in [0.29, 0.717) is 18.7 Å². The van der Waals surface area contributed by atoms with Crippen molar-refractivity contribution in [1.29, 1.82) is 0 Å². The number of hydrogen-bond acceptors (Lipinski definition) is 3. The monoisotopic (exact) mass is 286 g/mol. The van der Waals surface area contributed by atoms with E-state index in [0.717, 1.165) is 23.4 Å². The Bertz CT molecular complexity index is 618. The van der Waals surface area contributed by atoms with Gasteiger partial charge in [-0.15, -0.1) is 0 Å². The molecule has 0 saturated heterocycles. The predicted octanol–water partition coefficient (Wildman–Crippen LogP) is 2.48. The molecule has 1 amide bonds. The molecule has 0 aliphatic carbocycles. The quantitative estimate of drug-likeness (QED) is 0.857. The molecule has 0 fully saturated rings. The zero-order valence-corrected chi connectivity index (χ0v) is 12.8. The van der Waals surface area contributed by atoms with Gasteiger partial charge in [-0.2, -0.15) is 5.10 Å². The number of aromatic nitrogens is 2. The fraction of sp³-hybridized carbons (Fsp3) is 0.375. The van der Waals surface area contributed by atoms with E-state index in [9.17, 15) is 4.79 Å². The third kappa shape index (κ3) is 4.08. The molecule has 5 heteroatoms. The minimum Gasteiger partial charge on any atom is -0.381 e. The van der Waals surface area contributed by atoms with Crippen LogP contribution in [0, 0.1) is 6.92 Å². The highest BCUT2D eigenvalue weighted by Crippen LogP contribution is 2.13. The van der Waals surface area contributed by atoms with E-state index in [1.165, 1.54) is 0 Å². The second-order valence-electron chi connectivity index (χ2n) is 5.10. The molecule has 0 unspecified atom stereocenters. The van der Waals surface area contributed by atoms with Crippen molar-refractivity contribution in [1.82, 2.24) is 15.1 Å². The molecule has 0 saturated carbocycles. The van der Waals surface area contributed by atoms with E-state index in [2.05, 4.69) is 15.7 Å². The third-order valence-corrected chi connectivity index (χ3v) is 3.26. The number of rotatable bonds is 6.